The number of fused-ring (bicyclic) bond motifs is 1. The molecule has 0 saturated heterocycles. The Kier molecular flexibility index (Phi) is 6.41. The van der Waals surface area contributed by atoms with Crippen LogP contribution in [0.3, 0.4) is 0 Å². The summed E-state index contributed by atoms with van der Waals surface area (Å²) in [6, 6.07) is 11.8. The number of alkyl halides is 3. The van der Waals surface area contributed by atoms with Crippen LogP contribution >= 0.6 is 11.6 Å². The molecule has 0 bridgehead atoms. The fourth-order valence-corrected chi connectivity index (χ4v) is 4.14. The van der Waals surface area contributed by atoms with Crippen LogP contribution in [-0.2, 0) is 6.18 Å². The first kappa shape index (κ1) is 22.2. The molecular formula is C23H22ClF3N4O. The lowest BCUT2D eigenvalue weighted by atomic mass is 9.91. The Morgan fingerprint density at radius 3 is 2.50 bits per heavy atom. The predicted octanol–water partition coefficient (Wildman–Crippen LogP) is 6.45. The van der Waals surface area contributed by atoms with Gasteiger partial charge in [0.1, 0.15) is 0 Å². The summed E-state index contributed by atoms with van der Waals surface area (Å²) in [7, 11) is 0. The third-order valence-electron chi connectivity index (χ3n) is 5.57. The zero-order valence-corrected chi connectivity index (χ0v) is 17.8. The average molecular weight is 463 g/mol. The Bertz CT molecular complexity index is 1110. The van der Waals surface area contributed by atoms with Crippen molar-refractivity contribution in [3.63, 3.8) is 0 Å². The Hall–Kier alpha value is -3.00. The first-order valence-electron chi connectivity index (χ1n) is 10.3. The first-order chi connectivity index (χ1) is 15.3. The summed E-state index contributed by atoms with van der Waals surface area (Å²) in [6.07, 6.45) is 0.529. The Balaban J connectivity index is 1.29. The lowest BCUT2D eigenvalue weighted by molar-refractivity contribution is -0.137. The van der Waals surface area contributed by atoms with Gasteiger partial charge in [-0.15, -0.1) is 0 Å². The lowest BCUT2D eigenvalue weighted by Crippen LogP contribution is -2.42. The number of hydrogen-bond acceptors (Lipinski definition) is 3. The second kappa shape index (κ2) is 9.24. The molecule has 3 aromatic rings. The Morgan fingerprint density at radius 2 is 1.75 bits per heavy atom. The highest BCUT2D eigenvalue weighted by molar-refractivity contribution is 6.31. The van der Waals surface area contributed by atoms with Crippen LogP contribution in [0.15, 0.2) is 54.7 Å². The monoisotopic (exact) mass is 462 g/mol. The van der Waals surface area contributed by atoms with Crippen molar-refractivity contribution in [3.05, 3.63) is 65.3 Å². The van der Waals surface area contributed by atoms with Crippen LogP contribution in [-0.4, -0.2) is 23.1 Å². The lowest BCUT2D eigenvalue weighted by Gasteiger charge is -2.30. The second-order valence-corrected chi connectivity index (χ2v) is 8.33. The van der Waals surface area contributed by atoms with E-state index in [4.69, 9.17) is 11.6 Å². The van der Waals surface area contributed by atoms with Crippen molar-refractivity contribution in [3.8, 4) is 0 Å². The molecule has 5 nitrogen and oxygen atoms in total. The fourth-order valence-electron chi connectivity index (χ4n) is 3.97. The molecule has 1 saturated carbocycles. The summed E-state index contributed by atoms with van der Waals surface area (Å²) in [4.78, 5) is 16.6. The van der Waals surface area contributed by atoms with E-state index < -0.39 is 17.8 Å². The van der Waals surface area contributed by atoms with Gasteiger partial charge in [-0.2, -0.15) is 13.2 Å². The number of aromatic nitrogens is 1. The van der Waals surface area contributed by atoms with Gasteiger partial charge in [-0.05, 0) is 68.1 Å². The molecule has 4 rings (SSSR count). The van der Waals surface area contributed by atoms with E-state index in [0.29, 0.717) is 5.02 Å². The highest BCUT2D eigenvalue weighted by Crippen LogP contribution is 2.31. The highest BCUT2D eigenvalue weighted by Gasteiger charge is 2.30. The normalized spacial score (nSPS) is 18.9. The summed E-state index contributed by atoms with van der Waals surface area (Å²) in [6.45, 7) is 0. The van der Waals surface area contributed by atoms with Gasteiger partial charge in [-0.1, -0.05) is 17.7 Å². The summed E-state index contributed by atoms with van der Waals surface area (Å²) in [5.74, 6) is 0. The fraction of sp³-hybridized carbons (Fsp3) is 0.304. The van der Waals surface area contributed by atoms with Gasteiger partial charge in [-0.25, -0.2) is 4.79 Å². The number of benzene rings is 2. The van der Waals surface area contributed by atoms with Crippen LogP contribution in [0.4, 0.5) is 29.3 Å². The SMILES string of the molecule is O=C(Nc1cccc(C(F)(F)F)c1)N[C@H]1CC[C@@H](Nc2ccnc3cc(Cl)ccc23)CC1. The number of rotatable bonds is 4. The molecule has 1 aromatic heterocycles. The molecule has 0 atom stereocenters. The highest BCUT2D eigenvalue weighted by atomic mass is 35.5. The minimum Gasteiger partial charge on any atom is -0.382 e. The molecule has 9 heteroatoms. The second-order valence-electron chi connectivity index (χ2n) is 7.89. The van der Waals surface area contributed by atoms with E-state index in [2.05, 4.69) is 20.9 Å². The van der Waals surface area contributed by atoms with Gasteiger partial charge < -0.3 is 16.0 Å². The molecule has 0 aliphatic heterocycles. The number of amides is 2. The summed E-state index contributed by atoms with van der Waals surface area (Å²) in [5, 5.41) is 10.5. The van der Waals surface area contributed by atoms with E-state index in [1.165, 1.54) is 12.1 Å². The van der Waals surface area contributed by atoms with E-state index in [1.807, 2.05) is 24.3 Å². The molecule has 1 aliphatic rings. The molecule has 0 unspecified atom stereocenters. The number of nitrogens with one attached hydrogen (secondary N) is 3. The van der Waals surface area contributed by atoms with Crippen molar-refractivity contribution in [2.24, 2.45) is 0 Å². The number of hydrogen-bond donors (Lipinski definition) is 3. The van der Waals surface area contributed by atoms with Crippen LogP contribution in [0.2, 0.25) is 5.02 Å². The number of carbonyl (C=O) groups excluding carboxylic acids is 1. The van der Waals surface area contributed by atoms with Crippen molar-refractivity contribution in [1.29, 1.82) is 0 Å². The molecule has 168 valence electrons. The first-order valence-corrected chi connectivity index (χ1v) is 10.7. The molecular weight excluding hydrogens is 441 g/mol. The van der Waals surface area contributed by atoms with E-state index in [0.717, 1.165) is 54.4 Å². The molecule has 2 amide bonds. The number of halogens is 4. The van der Waals surface area contributed by atoms with Crippen LogP contribution in [0.5, 0.6) is 0 Å². The number of anilines is 2. The molecule has 1 heterocycles. The molecule has 3 N–H and O–H groups in total. The molecule has 1 aliphatic carbocycles. The minimum atomic E-state index is -4.45. The molecule has 32 heavy (non-hydrogen) atoms. The van der Waals surface area contributed by atoms with Gasteiger partial charge >= 0.3 is 12.2 Å². The summed E-state index contributed by atoms with van der Waals surface area (Å²) >= 11 is 6.05. The van der Waals surface area contributed by atoms with Gasteiger partial charge in [0.2, 0.25) is 0 Å². The van der Waals surface area contributed by atoms with Gasteiger partial charge in [0.15, 0.2) is 0 Å². The van der Waals surface area contributed by atoms with Crippen LogP contribution in [0.25, 0.3) is 10.9 Å². The van der Waals surface area contributed by atoms with Crippen LogP contribution < -0.4 is 16.0 Å². The van der Waals surface area contributed by atoms with Gasteiger partial charge in [0.05, 0.1) is 11.1 Å². The molecule has 1 fully saturated rings. The third kappa shape index (κ3) is 5.43. The standard InChI is InChI=1S/C23H22ClF3N4O/c24-15-4-9-19-20(10-11-28-21(19)13-15)29-16-5-7-17(8-6-16)30-22(32)31-18-3-1-2-14(12-18)23(25,26)27/h1-4,9-13,16-17H,5-8H2,(H,28,29)(H2,30,31,32)/t16-,17+. The van der Waals surface area contributed by atoms with E-state index in [1.54, 1.807) is 6.20 Å². The number of nitrogens with zero attached hydrogens (tertiary/aromatic N) is 1. The van der Waals surface area contributed by atoms with Crippen molar-refractivity contribution in [2.45, 2.75) is 43.9 Å². The van der Waals surface area contributed by atoms with Gasteiger partial charge in [0.25, 0.3) is 0 Å². The Labute approximate surface area is 188 Å². The number of urea groups is 1. The maximum Gasteiger partial charge on any atom is 0.416 e. The van der Waals surface area contributed by atoms with Crippen molar-refractivity contribution in [2.75, 3.05) is 10.6 Å². The maximum atomic E-state index is 12.8. The van der Waals surface area contributed by atoms with E-state index in [9.17, 15) is 18.0 Å². The summed E-state index contributed by atoms with van der Waals surface area (Å²) < 4.78 is 38.5. The van der Waals surface area contributed by atoms with Gasteiger partial charge in [0, 0.05) is 40.1 Å². The zero-order valence-electron chi connectivity index (χ0n) is 17.0. The number of carbonyl (C=O) groups is 1. The van der Waals surface area contributed by atoms with Crippen LogP contribution in [0, 0.1) is 0 Å². The topological polar surface area (TPSA) is 66.1 Å². The molecule has 2 aromatic carbocycles. The third-order valence-corrected chi connectivity index (χ3v) is 5.81. The number of pyridine rings is 1. The Morgan fingerprint density at radius 1 is 1.00 bits per heavy atom. The van der Waals surface area contributed by atoms with E-state index >= 15 is 0 Å². The van der Waals surface area contributed by atoms with Crippen molar-refractivity contribution >= 4 is 39.9 Å². The smallest absolute Gasteiger partial charge is 0.382 e. The van der Waals surface area contributed by atoms with Crippen molar-refractivity contribution < 1.29 is 18.0 Å². The maximum absolute atomic E-state index is 12.8. The molecule has 0 spiro atoms. The largest absolute Gasteiger partial charge is 0.416 e. The zero-order chi connectivity index (χ0) is 22.7. The quantitative estimate of drug-likeness (QED) is 0.417. The minimum absolute atomic E-state index is 0.0353. The van der Waals surface area contributed by atoms with Gasteiger partial charge in [-0.3, -0.25) is 4.98 Å². The van der Waals surface area contributed by atoms with E-state index in [-0.39, 0.29) is 17.8 Å². The summed E-state index contributed by atoms with van der Waals surface area (Å²) in [5.41, 5.74) is 1.12. The average Bonchev–Trinajstić information content (AvgIpc) is 2.74. The van der Waals surface area contributed by atoms with Crippen molar-refractivity contribution in [1.82, 2.24) is 10.3 Å². The molecule has 0 radical (unpaired) electrons. The van der Waals surface area contributed by atoms with Crippen LogP contribution in [0.1, 0.15) is 31.2 Å². The predicted molar refractivity (Wildman–Crippen MR) is 120 cm³/mol.